The summed E-state index contributed by atoms with van der Waals surface area (Å²) >= 11 is 0. The predicted molar refractivity (Wildman–Crippen MR) is 119 cm³/mol. The van der Waals surface area contributed by atoms with Crippen LogP contribution in [0.25, 0.3) is 22.5 Å². The van der Waals surface area contributed by atoms with Crippen LogP contribution >= 0.6 is 0 Å². The minimum Gasteiger partial charge on any atom is -0.261 e. The number of hydrogen-bond donors (Lipinski definition) is 0. The molecule has 4 heteroatoms. The zero-order chi connectivity index (χ0) is 20.9. The van der Waals surface area contributed by atoms with Crippen molar-refractivity contribution in [1.29, 1.82) is 0 Å². The molecular weight excluding hydrogens is 368 g/mol. The average molecular weight is 393 g/mol. The number of hydrogen-bond acceptors (Lipinski definition) is 4. The Labute approximate surface area is 177 Å². The highest BCUT2D eigenvalue weighted by Gasteiger charge is 2.29. The number of aromatic nitrogens is 4. The highest BCUT2D eigenvalue weighted by molar-refractivity contribution is 5.64. The molecule has 0 fully saturated rings. The van der Waals surface area contributed by atoms with Crippen molar-refractivity contribution >= 4 is 0 Å². The summed E-state index contributed by atoms with van der Waals surface area (Å²) in [4.78, 5) is 19.0. The Bertz CT molecular complexity index is 1060. The van der Waals surface area contributed by atoms with Gasteiger partial charge in [-0.3, -0.25) is 9.97 Å². The van der Waals surface area contributed by atoms with Gasteiger partial charge in [0.15, 0.2) is 0 Å². The summed E-state index contributed by atoms with van der Waals surface area (Å²) in [6, 6.07) is 17.3. The molecule has 0 N–H and O–H groups in total. The van der Waals surface area contributed by atoms with Crippen molar-refractivity contribution in [3.8, 4) is 22.5 Å². The molecule has 4 aromatic rings. The molecule has 0 radical (unpaired) electrons. The summed E-state index contributed by atoms with van der Waals surface area (Å²) in [5.74, 6) is 0. The number of nitrogens with zero attached hydrogens (tertiary/aromatic N) is 4. The Morgan fingerprint density at radius 1 is 0.567 bits per heavy atom. The fourth-order valence-corrected chi connectivity index (χ4v) is 4.04. The van der Waals surface area contributed by atoms with E-state index in [9.17, 15) is 0 Å². The van der Waals surface area contributed by atoms with Crippen LogP contribution in [0.15, 0.2) is 73.3 Å². The molecule has 4 nitrogen and oxygen atoms in total. The van der Waals surface area contributed by atoms with Crippen molar-refractivity contribution < 1.29 is 0 Å². The van der Waals surface area contributed by atoms with Crippen LogP contribution in [-0.4, -0.2) is 19.9 Å². The van der Waals surface area contributed by atoms with Crippen LogP contribution in [0, 0.1) is 0 Å². The van der Waals surface area contributed by atoms with Crippen LogP contribution < -0.4 is 0 Å². The van der Waals surface area contributed by atoms with Gasteiger partial charge in [-0.15, -0.1) is 0 Å². The summed E-state index contributed by atoms with van der Waals surface area (Å²) < 4.78 is 0. The smallest absolute Gasteiger partial charge is 0.0889 e. The van der Waals surface area contributed by atoms with Gasteiger partial charge in [-0.2, -0.15) is 0 Å². The minimum absolute atomic E-state index is 0.175. The predicted octanol–water partition coefficient (Wildman–Crippen LogP) is 5.57. The monoisotopic (exact) mass is 392 g/mol. The second-order valence-electron chi connectivity index (χ2n) is 8.99. The van der Waals surface area contributed by atoms with E-state index in [0.29, 0.717) is 0 Å². The molecule has 1 aliphatic rings. The van der Waals surface area contributed by atoms with Crippen LogP contribution in [0.1, 0.15) is 50.2 Å². The molecule has 0 spiro atoms. The van der Waals surface area contributed by atoms with Crippen molar-refractivity contribution in [2.45, 2.75) is 38.5 Å². The summed E-state index contributed by atoms with van der Waals surface area (Å²) in [5.41, 5.74) is 7.50. The third-order valence-electron chi connectivity index (χ3n) is 6.31. The van der Waals surface area contributed by atoms with E-state index in [0.717, 1.165) is 33.9 Å². The van der Waals surface area contributed by atoms with Crippen molar-refractivity contribution in [1.82, 2.24) is 19.9 Å². The molecule has 2 aromatic carbocycles. The first-order valence-corrected chi connectivity index (χ1v) is 10.2. The lowest BCUT2D eigenvalue weighted by Crippen LogP contribution is -2.23. The Kier molecular flexibility index (Phi) is 4.07. The van der Waals surface area contributed by atoms with Crippen molar-refractivity contribution in [3.63, 3.8) is 0 Å². The quantitative estimate of drug-likeness (QED) is 0.393. The molecular formula is C26H24N4. The normalized spacial score (nSPS) is 15.9. The molecule has 0 aliphatic carbocycles. The molecule has 0 amide bonds. The van der Waals surface area contributed by atoms with E-state index in [-0.39, 0.29) is 5.41 Å². The second-order valence-corrected chi connectivity index (χ2v) is 8.99. The highest BCUT2D eigenvalue weighted by Crippen LogP contribution is 2.37. The van der Waals surface area contributed by atoms with Gasteiger partial charge in [0.1, 0.15) is 0 Å². The number of rotatable bonds is 0. The van der Waals surface area contributed by atoms with Gasteiger partial charge >= 0.3 is 0 Å². The van der Waals surface area contributed by atoms with Crippen molar-refractivity contribution in [2.24, 2.45) is 0 Å². The molecule has 148 valence electrons. The number of fused-ring (bicyclic) bond motifs is 10. The molecule has 5 rings (SSSR count). The van der Waals surface area contributed by atoms with Gasteiger partial charge < -0.3 is 0 Å². The van der Waals surface area contributed by atoms with Crippen LogP contribution in [0.4, 0.5) is 0 Å². The summed E-state index contributed by atoms with van der Waals surface area (Å²) in [6.07, 6.45) is 7.33. The fourth-order valence-electron chi connectivity index (χ4n) is 4.04. The SMILES string of the molecule is CC1(C)c2cccc(c2)-c2cncc(n2)C(C)(C)c2cncc(n2)-c2cccc1c2. The topological polar surface area (TPSA) is 51.6 Å². The van der Waals surface area contributed by atoms with Crippen LogP contribution in [0.2, 0.25) is 0 Å². The average Bonchev–Trinajstić information content (AvgIpc) is 2.79. The zero-order valence-corrected chi connectivity index (χ0v) is 17.7. The largest absolute Gasteiger partial charge is 0.261 e. The van der Waals surface area contributed by atoms with E-state index in [2.05, 4.69) is 86.2 Å². The van der Waals surface area contributed by atoms with E-state index in [4.69, 9.17) is 9.97 Å². The van der Waals surface area contributed by atoms with E-state index in [1.165, 1.54) is 11.1 Å². The standard InChI is InChI=1S/C26H24N4/c1-25(2)19-9-5-7-17(11-19)21-13-27-15-23(29-21)26(3,4)24-16-28-14-22(30-24)18-8-6-10-20(25)12-18/h5-16H,1-4H3. The Balaban J connectivity index is 1.85. The van der Waals surface area contributed by atoms with Gasteiger partial charge in [0.25, 0.3) is 0 Å². The fraction of sp³-hybridized carbons (Fsp3) is 0.231. The molecule has 8 bridgehead atoms. The maximum Gasteiger partial charge on any atom is 0.0889 e. The third kappa shape index (κ3) is 2.91. The molecule has 1 aliphatic heterocycles. The lowest BCUT2D eigenvalue weighted by molar-refractivity contribution is 0.589. The van der Waals surface area contributed by atoms with E-state index in [1.54, 1.807) is 0 Å². The van der Waals surface area contributed by atoms with E-state index < -0.39 is 5.41 Å². The van der Waals surface area contributed by atoms with Gasteiger partial charge in [0.05, 0.1) is 40.6 Å². The maximum atomic E-state index is 4.99. The summed E-state index contributed by atoms with van der Waals surface area (Å²) in [6.45, 7) is 8.75. The summed E-state index contributed by atoms with van der Waals surface area (Å²) in [5, 5.41) is 0. The van der Waals surface area contributed by atoms with Gasteiger partial charge in [0, 0.05) is 28.9 Å². The van der Waals surface area contributed by atoms with Crippen LogP contribution in [0.3, 0.4) is 0 Å². The molecule has 0 saturated heterocycles. The zero-order valence-electron chi connectivity index (χ0n) is 17.7. The second kappa shape index (κ2) is 6.56. The Morgan fingerprint density at radius 3 is 1.50 bits per heavy atom. The molecule has 0 saturated carbocycles. The maximum absolute atomic E-state index is 4.99. The van der Waals surface area contributed by atoms with Crippen LogP contribution in [0.5, 0.6) is 0 Å². The highest BCUT2D eigenvalue weighted by atomic mass is 14.9. The van der Waals surface area contributed by atoms with Gasteiger partial charge in [-0.1, -0.05) is 50.2 Å². The lowest BCUT2D eigenvalue weighted by Gasteiger charge is -2.28. The Morgan fingerprint density at radius 2 is 1.03 bits per heavy atom. The molecule has 3 heterocycles. The van der Waals surface area contributed by atoms with Crippen LogP contribution in [-0.2, 0) is 10.8 Å². The molecule has 2 aromatic heterocycles. The third-order valence-corrected chi connectivity index (χ3v) is 6.31. The van der Waals surface area contributed by atoms with Gasteiger partial charge in [-0.05, 0) is 37.1 Å². The Hall–Kier alpha value is -3.40. The van der Waals surface area contributed by atoms with E-state index in [1.807, 2.05) is 24.8 Å². The van der Waals surface area contributed by atoms with Gasteiger partial charge in [-0.25, -0.2) is 9.97 Å². The molecule has 30 heavy (non-hydrogen) atoms. The number of benzene rings is 2. The lowest BCUT2D eigenvalue weighted by atomic mass is 9.77. The first-order valence-electron chi connectivity index (χ1n) is 10.2. The first-order chi connectivity index (χ1) is 14.4. The van der Waals surface area contributed by atoms with Crippen molar-refractivity contribution in [2.75, 3.05) is 0 Å². The minimum atomic E-state index is -0.426. The summed E-state index contributed by atoms with van der Waals surface area (Å²) in [7, 11) is 0. The first kappa shape index (κ1) is 18.6. The molecule has 0 unspecified atom stereocenters. The van der Waals surface area contributed by atoms with Gasteiger partial charge in [0.2, 0.25) is 0 Å². The van der Waals surface area contributed by atoms with E-state index >= 15 is 0 Å². The van der Waals surface area contributed by atoms with Crippen molar-refractivity contribution in [3.05, 3.63) is 95.8 Å². The molecule has 0 atom stereocenters.